The molecular formula is C18H20N2O4. The molecule has 0 spiro atoms. The molecule has 24 heavy (non-hydrogen) atoms. The van der Waals surface area contributed by atoms with Gasteiger partial charge in [-0.25, -0.2) is 0 Å². The third-order valence-electron chi connectivity index (χ3n) is 3.75. The summed E-state index contributed by atoms with van der Waals surface area (Å²) in [5, 5.41) is 13.8. The van der Waals surface area contributed by atoms with Gasteiger partial charge in [-0.15, -0.1) is 0 Å². The summed E-state index contributed by atoms with van der Waals surface area (Å²) in [6.45, 7) is 4.19. The zero-order valence-electron chi connectivity index (χ0n) is 13.7. The first-order valence-electron chi connectivity index (χ1n) is 7.71. The second-order valence-electron chi connectivity index (χ2n) is 5.47. The van der Waals surface area contributed by atoms with E-state index in [4.69, 9.17) is 4.74 Å². The van der Waals surface area contributed by atoms with Crippen molar-refractivity contribution in [3.8, 4) is 5.75 Å². The maximum atomic E-state index is 12.0. The summed E-state index contributed by atoms with van der Waals surface area (Å²) >= 11 is 0. The minimum atomic E-state index is -0.484. The van der Waals surface area contributed by atoms with E-state index in [0.717, 1.165) is 16.8 Å². The van der Waals surface area contributed by atoms with Crippen LogP contribution in [-0.2, 0) is 4.79 Å². The van der Waals surface area contributed by atoms with Crippen LogP contribution in [0.5, 0.6) is 5.75 Å². The third kappa shape index (κ3) is 4.55. The number of para-hydroxylation sites is 2. The Morgan fingerprint density at radius 2 is 1.92 bits per heavy atom. The molecule has 0 saturated carbocycles. The Balaban J connectivity index is 1.81. The van der Waals surface area contributed by atoms with Crippen molar-refractivity contribution in [1.82, 2.24) is 0 Å². The number of carbonyl (C=O) groups is 1. The zero-order chi connectivity index (χ0) is 17.5. The van der Waals surface area contributed by atoms with Gasteiger partial charge in [-0.1, -0.05) is 24.3 Å². The van der Waals surface area contributed by atoms with E-state index in [1.165, 1.54) is 6.07 Å². The van der Waals surface area contributed by atoms with Crippen molar-refractivity contribution in [1.29, 1.82) is 0 Å². The summed E-state index contributed by atoms with van der Waals surface area (Å²) in [6, 6.07) is 12.0. The van der Waals surface area contributed by atoms with Gasteiger partial charge in [0.25, 0.3) is 0 Å². The highest BCUT2D eigenvalue weighted by Gasteiger charge is 2.13. The standard InChI is InChI=1S/C18H20N2O4/c1-13-7-5-8-15(14(13)2)19-18(21)11-6-12-24-17-10-4-3-9-16(17)20(22)23/h3-5,7-10H,6,11-12H2,1-2H3,(H,19,21). The van der Waals surface area contributed by atoms with Crippen LogP contribution in [0.15, 0.2) is 42.5 Å². The van der Waals surface area contributed by atoms with Gasteiger partial charge in [-0.2, -0.15) is 0 Å². The number of nitrogens with one attached hydrogen (secondary N) is 1. The number of benzene rings is 2. The number of aryl methyl sites for hydroxylation is 1. The maximum absolute atomic E-state index is 12.0. The lowest BCUT2D eigenvalue weighted by Crippen LogP contribution is -2.14. The Morgan fingerprint density at radius 1 is 1.17 bits per heavy atom. The van der Waals surface area contributed by atoms with E-state index >= 15 is 0 Å². The molecule has 0 atom stereocenters. The molecule has 0 heterocycles. The molecule has 0 radical (unpaired) electrons. The van der Waals surface area contributed by atoms with Gasteiger partial charge in [0, 0.05) is 18.2 Å². The van der Waals surface area contributed by atoms with Gasteiger partial charge in [-0.3, -0.25) is 14.9 Å². The highest BCUT2D eigenvalue weighted by Crippen LogP contribution is 2.26. The first-order valence-corrected chi connectivity index (χ1v) is 7.71. The number of nitro benzene ring substituents is 1. The zero-order valence-corrected chi connectivity index (χ0v) is 13.7. The summed E-state index contributed by atoms with van der Waals surface area (Å²) < 4.78 is 5.42. The van der Waals surface area contributed by atoms with Crippen molar-refractivity contribution in [2.75, 3.05) is 11.9 Å². The van der Waals surface area contributed by atoms with Gasteiger partial charge in [0.15, 0.2) is 5.75 Å². The van der Waals surface area contributed by atoms with Crippen LogP contribution in [-0.4, -0.2) is 17.4 Å². The summed E-state index contributed by atoms with van der Waals surface area (Å²) in [6.07, 6.45) is 0.761. The SMILES string of the molecule is Cc1cccc(NC(=O)CCCOc2ccccc2[N+](=O)[O-])c1C. The second kappa shape index (κ2) is 8.10. The van der Waals surface area contributed by atoms with Crippen molar-refractivity contribution >= 4 is 17.3 Å². The van der Waals surface area contributed by atoms with Gasteiger partial charge < -0.3 is 10.1 Å². The monoisotopic (exact) mass is 328 g/mol. The molecule has 0 aliphatic heterocycles. The summed E-state index contributed by atoms with van der Waals surface area (Å²) in [5.74, 6) is 0.118. The van der Waals surface area contributed by atoms with Gasteiger partial charge >= 0.3 is 5.69 Å². The Kier molecular flexibility index (Phi) is 5.89. The third-order valence-corrected chi connectivity index (χ3v) is 3.75. The van der Waals surface area contributed by atoms with Crippen LogP contribution in [0.1, 0.15) is 24.0 Å². The molecule has 6 nitrogen and oxygen atoms in total. The number of ether oxygens (including phenoxy) is 1. The number of hydrogen-bond acceptors (Lipinski definition) is 4. The van der Waals surface area contributed by atoms with Crippen LogP contribution in [0.3, 0.4) is 0 Å². The second-order valence-corrected chi connectivity index (χ2v) is 5.47. The average Bonchev–Trinajstić information content (AvgIpc) is 2.56. The Morgan fingerprint density at radius 3 is 2.67 bits per heavy atom. The predicted octanol–water partition coefficient (Wildman–Crippen LogP) is 4.01. The molecule has 0 aliphatic rings. The average molecular weight is 328 g/mol. The fourth-order valence-corrected chi connectivity index (χ4v) is 2.24. The summed E-state index contributed by atoms with van der Waals surface area (Å²) in [7, 11) is 0. The first kappa shape index (κ1) is 17.5. The van der Waals surface area contributed by atoms with E-state index in [0.29, 0.717) is 6.42 Å². The fraction of sp³-hybridized carbons (Fsp3) is 0.278. The minimum Gasteiger partial charge on any atom is -0.487 e. The van der Waals surface area contributed by atoms with Gasteiger partial charge in [-0.05, 0) is 43.5 Å². The Hall–Kier alpha value is -2.89. The topological polar surface area (TPSA) is 81.5 Å². The Bertz CT molecular complexity index is 744. The molecule has 126 valence electrons. The number of anilines is 1. The van der Waals surface area contributed by atoms with Gasteiger partial charge in [0.2, 0.25) is 5.91 Å². The highest BCUT2D eigenvalue weighted by molar-refractivity contribution is 5.91. The van der Waals surface area contributed by atoms with Crippen molar-refractivity contribution < 1.29 is 14.5 Å². The predicted molar refractivity (Wildman–Crippen MR) is 92.4 cm³/mol. The minimum absolute atomic E-state index is 0.0719. The van der Waals surface area contributed by atoms with Crippen LogP contribution in [0.4, 0.5) is 11.4 Å². The fourth-order valence-electron chi connectivity index (χ4n) is 2.24. The number of hydrogen-bond donors (Lipinski definition) is 1. The molecule has 2 aromatic rings. The van der Waals surface area contributed by atoms with Crippen molar-refractivity contribution in [3.63, 3.8) is 0 Å². The molecular weight excluding hydrogens is 308 g/mol. The number of nitro groups is 1. The molecule has 6 heteroatoms. The Labute approximate surface area is 140 Å². The van der Waals surface area contributed by atoms with Crippen molar-refractivity contribution in [2.45, 2.75) is 26.7 Å². The van der Waals surface area contributed by atoms with Crippen molar-refractivity contribution in [3.05, 3.63) is 63.7 Å². The molecule has 0 unspecified atom stereocenters. The smallest absolute Gasteiger partial charge is 0.310 e. The van der Waals surface area contributed by atoms with E-state index in [9.17, 15) is 14.9 Å². The van der Waals surface area contributed by atoms with E-state index in [2.05, 4.69) is 5.32 Å². The van der Waals surface area contributed by atoms with E-state index in [1.807, 2.05) is 32.0 Å². The van der Waals surface area contributed by atoms with E-state index in [-0.39, 0.29) is 30.4 Å². The van der Waals surface area contributed by atoms with Crippen LogP contribution in [0.2, 0.25) is 0 Å². The molecule has 0 bridgehead atoms. The first-order chi connectivity index (χ1) is 11.5. The summed E-state index contributed by atoms with van der Waals surface area (Å²) in [5.41, 5.74) is 2.89. The molecule has 0 saturated heterocycles. The number of amides is 1. The van der Waals surface area contributed by atoms with E-state index < -0.39 is 4.92 Å². The van der Waals surface area contributed by atoms with Crippen LogP contribution in [0, 0.1) is 24.0 Å². The lowest BCUT2D eigenvalue weighted by Gasteiger charge is -2.10. The van der Waals surface area contributed by atoms with Gasteiger partial charge in [0.1, 0.15) is 0 Å². The maximum Gasteiger partial charge on any atom is 0.310 e. The van der Waals surface area contributed by atoms with Crippen LogP contribution < -0.4 is 10.1 Å². The lowest BCUT2D eigenvalue weighted by atomic mass is 10.1. The highest BCUT2D eigenvalue weighted by atomic mass is 16.6. The van der Waals surface area contributed by atoms with Crippen LogP contribution in [0.25, 0.3) is 0 Å². The van der Waals surface area contributed by atoms with Gasteiger partial charge in [0.05, 0.1) is 11.5 Å². The largest absolute Gasteiger partial charge is 0.487 e. The molecule has 0 fully saturated rings. The molecule has 2 aromatic carbocycles. The normalized spacial score (nSPS) is 10.2. The molecule has 1 amide bonds. The quantitative estimate of drug-likeness (QED) is 0.473. The molecule has 0 aromatic heterocycles. The molecule has 1 N–H and O–H groups in total. The van der Waals surface area contributed by atoms with Crippen LogP contribution >= 0.6 is 0 Å². The number of nitrogens with zero attached hydrogens (tertiary/aromatic N) is 1. The molecule has 2 rings (SSSR count). The van der Waals surface area contributed by atoms with E-state index in [1.54, 1.807) is 18.2 Å². The van der Waals surface area contributed by atoms with Crippen molar-refractivity contribution in [2.24, 2.45) is 0 Å². The summed E-state index contributed by atoms with van der Waals surface area (Å²) in [4.78, 5) is 22.4. The molecule has 0 aliphatic carbocycles. The number of carbonyl (C=O) groups excluding carboxylic acids is 1. The lowest BCUT2D eigenvalue weighted by molar-refractivity contribution is -0.385. The number of rotatable bonds is 7.